The lowest BCUT2D eigenvalue weighted by Crippen LogP contribution is -2.00. The van der Waals surface area contributed by atoms with Gasteiger partial charge in [0.25, 0.3) is 5.71 Å². The van der Waals surface area contributed by atoms with Gasteiger partial charge in [-0.25, -0.2) is 0 Å². The molecule has 7 rings (SSSR count). The van der Waals surface area contributed by atoms with Gasteiger partial charge in [0.1, 0.15) is 0 Å². The zero-order valence-electron chi connectivity index (χ0n) is 17.9. The Morgan fingerprint density at radius 3 is 2.15 bits per heavy atom. The quantitative estimate of drug-likeness (QED) is 0.231. The topological polar surface area (TPSA) is 78.0 Å². The molecule has 0 atom stereocenters. The maximum Gasteiger partial charge on any atom is 0.267 e. The van der Waals surface area contributed by atoms with Crippen molar-refractivity contribution in [2.24, 2.45) is 7.05 Å². The third kappa shape index (κ3) is 2.67. The van der Waals surface area contributed by atoms with Crippen LogP contribution in [-0.4, -0.2) is 26.1 Å². The second kappa shape index (κ2) is 6.82. The van der Waals surface area contributed by atoms with E-state index in [2.05, 4.69) is 28.2 Å². The zero-order chi connectivity index (χ0) is 23.0. The summed E-state index contributed by atoms with van der Waals surface area (Å²) in [5.41, 5.74) is 1.80. The first kappa shape index (κ1) is 19.1. The number of thiophene rings is 1. The number of nitrogens with zero attached hydrogens (tertiary/aromatic N) is 3. The highest BCUT2D eigenvalue weighted by Crippen LogP contribution is 2.35. The third-order valence-electron chi connectivity index (χ3n) is 6.23. The Kier molecular flexibility index (Phi) is 3.84. The molecular formula is C27H15N3O3S. The molecular weight excluding hydrogens is 446 g/mol. The van der Waals surface area contributed by atoms with Crippen LogP contribution in [0.5, 0.6) is 0 Å². The number of allylic oxidation sites excluding steroid dienone is 1. The summed E-state index contributed by atoms with van der Waals surface area (Å²) in [5, 5.41) is 3.00. The molecule has 1 aliphatic carbocycles. The molecule has 34 heavy (non-hydrogen) atoms. The Bertz CT molecular complexity index is 1780. The molecule has 162 valence electrons. The van der Waals surface area contributed by atoms with Crippen LogP contribution in [0.3, 0.4) is 0 Å². The van der Waals surface area contributed by atoms with Crippen molar-refractivity contribution in [3.8, 4) is 10.7 Å². The minimum atomic E-state index is -0.313. The van der Waals surface area contributed by atoms with E-state index >= 15 is 0 Å². The van der Waals surface area contributed by atoms with Crippen LogP contribution < -0.4 is 0 Å². The average molecular weight is 462 g/mol. The summed E-state index contributed by atoms with van der Waals surface area (Å²) in [6.45, 7) is 0. The fourth-order valence-corrected chi connectivity index (χ4v) is 5.61. The lowest BCUT2D eigenvalue weighted by atomic mass is 10.0. The van der Waals surface area contributed by atoms with Crippen molar-refractivity contribution in [1.82, 2.24) is 14.5 Å². The molecule has 6 aromatic rings. The van der Waals surface area contributed by atoms with Gasteiger partial charge in [0.05, 0.1) is 10.5 Å². The molecule has 6 nitrogen and oxygen atoms in total. The van der Waals surface area contributed by atoms with Gasteiger partial charge < -0.3 is 8.98 Å². The number of carbonyl (C=O) groups is 2. The van der Waals surface area contributed by atoms with Crippen LogP contribution in [-0.2, 0) is 7.05 Å². The van der Waals surface area contributed by atoms with E-state index in [0.29, 0.717) is 22.5 Å². The first-order valence-corrected chi connectivity index (χ1v) is 11.5. The minimum absolute atomic E-state index is 0.0570. The molecule has 7 heteroatoms. The molecule has 0 saturated carbocycles. The van der Waals surface area contributed by atoms with Gasteiger partial charge in [-0.2, -0.15) is 9.97 Å². The van der Waals surface area contributed by atoms with E-state index in [9.17, 15) is 9.59 Å². The molecule has 1 aliphatic rings. The van der Waals surface area contributed by atoms with Gasteiger partial charge in [-0.05, 0) is 40.4 Å². The molecule has 0 amide bonds. The van der Waals surface area contributed by atoms with Crippen molar-refractivity contribution in [1.29, 1.82) is 0 Å². The van der Waals surface area contributed by atoms with Crippen LogP contribution in [0, 0.1) is 0 Å². The van der Waals surface area contributed by atoms with Gasteiger partial charge in [0.2, 0.25) is 11.5 Å². The normalized spacial score (nSPS) is 13.5. The van der Waals surface area contributed by atoms with E-state index in [1.165, 1.54) is 10.8 Å². The second-order valence-corrected chi connectivity index (χ2v) is 9.37. The summed E-state index contributed by atoms with van der Waals surface area (Å²) in [5.74, 6) is 0.317. The van der Waals surface area contributed by atoms with Crippen LogP contribution in [0.2, 0.25) is 0 Å². The number of hydrogen-bond acceptors (Lipinski definition) is 6. The van der Waals surface area contributed by atoms with Crippen LogP contribution in [0.25, 0.3) is 49.0 Å². The van der Waals surface area contributed by atoms with Gasteiger partial charge in [-0.1, -0.05) is 42.5 Å². The number of carbonyl (C=O) groups excluding carboxylic acids is 2. The minimum Gasteiger partial charge on any atom is -0.417 e. The highest BCUT2D eigenvalue weighted by Gasteiger charge is 2.34. The molecule has 0 spiro atoms. The number of ketones is 2. The van der Waals surface area contributed by atoms with Crippen LogP contribution in [0.15, 0.2) is 76.7 Å². The molecule has 0 fully saturated rings. The smallest absolute Gasteiger partial charge is 0.267 e. The lowest BCUT2D eigenvalue weighted by Gasteiger charge is -2.00. The fourth-order valence-electron chi connectivity index (χ4n) is 4.52. The summed E-state index contributed by atoms with van der Waals surface area (Å²) < 4.78 is 8.89. The Hall–Kier alpha value is -4.36. The summed E-state index contributed by atoms with van der Waals surface area (Å²) in [6, 6.07) is 21.5. The number of Topliss-reactive ketones (excluding diaryl/α,β-unsaturated/α-hetero) is 2. The van der Waals surface area contributed by atoms with E-state index in [0.717, 1.165) is 26.9 Å². The summed E-state index contributed by atoms with van der Waals surface area (Å²) in [4.78, 5) is 36.2. The summed E-state index contributed by atoms with van der Waals surface area (Å²) in [7, 11) is 1.88. The maximum absolute atomic E-state index is 13.0. The third-order valence-corrected chi connectivity index (χ3v) is 7.34. The first-order chi connectivity index (χ1) is 16.6. The number of imidazole rings is 1. The number of aromatic nitrogens is 3. The summed E-state index contributed by atoms with van der Waals surface area (Å²) in [6.07, 6.45) is 1.43. The van der Waals surface area contributed by atoms with E-state index in [4.69, 9.17) is 4.42 Å². The monoisotopic (exact) mass is 461 g/mol. The van der Waals surface area contributed by atoms with Crippen molar-refractivity contribution >= 4 is 61.2 Å². The van der Waals surface area contributed by atoms with E-state index in [1.807, 2.05) is 48.0 Å². The number of oxazole rings is 1. The molecule has 0 unspecified atom stereocenters. The molecule has 0 aliphatic heterocycles. The number of rotatable bonds is 2. The SMILES string of the molecule is Cn1c(-c2cc3ccccc3s2)nc2oc(C=C3C(=O)c4cc5ccccc5cc4C3=O)nc21. The van der Waals surface area contributed by atoms with E-state index in [-0.39, 0.29) is 23.0 Å². The van der Waals surface area contributed by atoms with Crippen molar-refractivity contribution < 1.29 is 14.0 Å². The zero-order valence-corrected chi connectivity index (χ0v) is 18.7. The number of benzene rings is 3. The van der Waals surface area contributed by atoms with Gasteiger partial charge in [0.15, 0.2) is 17.4 Å². The molecule has 3 aromatic carbocycles. The molecule has 3 aromatic heterocycles. The predicted molar refractivity (Wildman–Crippen MR) is 132 cm³/mol. The van der Waals surface area contributed by atoms with E-state index in [1.54, 1.807) is 23.5 Å². The number of hydrogen-bond donors (Lipinski definition) is 0. The second-order valence-electron chi connectivity index (χ2n) is 8.28. The summed E-state index contributed by atoms with van der Waals surface area (Å²) >= 11 is 1.65. The van der Waals surface area contributed by atoms with Crippen molar-refractivity contribution in [3.05, 3.63) is 89.3 Å². The predicted octanol–water partition coefficient (Wildman–Crippen LogP) is 6.06. The van der Waals surface area contributed by atoms with Crippen LogP contribution in [0.4, 0.5) is 0 Å². The largest absolute Gasteiger partial charge is 0.417 e. The Morgan fingerprint density at radius 1 is 0.853 bits per heavy atom. The maximum atomic E-state index is 13.0. The highest BCUT2D eigenvalue weighted by molar-refractivity contribution is 7.22. The number of fused-ring (bicyclic) bond motifs is 4. The number of aryl methyl sites for hydroxylation is 1. The molecule has 0 N–H and O–H groups in total. The van der Waals surface area contributed by atoms with E-state index < -0.39 is 0 Å². The molecule has 0 saturated heterocycles. The van der Waals surface area contributed by atoms with Crippen LogP contribution >= 0.6 is 11.3 Å². The van der Waals surface area contributed by atoms with Gasteiger partial charge in [-0.3, -0.25) is 9.59 Å². The highest BCUT2D eigenvalue weighted by atomic mass is 32.1. The molecule has 3 heterocycles. The average Bonchev–Trinajstić information content (AvgIpc) is 3.58. The first-order valence-electron chi connectivity index (χ1n) is 10.7. The fraction of sp³-hybridized carbons (Fsp3) is 0.0370. The van der Waals surface area contributed by atoms with Gasteiger partial charge in [0, 0.05) is 29.0 Å². The Labute approximate surface area is 196 Å². The Balaban J connectivity index is 1.29. The Morgan fingerprint density at radius 2 is 1.50 bits per heavy atom. The van der Waals surface area contributed by atoms with Gasteiger partial charge in [-0.15, -0.1) is 11.3 Å². The van der Waals surface area contributed by atoms with Crippen molar-refractivity contribution in [3.63, 3.8) is 0 Å². The lowest BCUT2D eigenvalue weighted by molar-refractivity contribution is 0.0990. The van der Waals surface area contributed by atoms with Gasteiger partial charge >= 0.3 is 0 Å². The standard InChI is InChI=1S/C27H15N3O3S/c1-30-25(21-12-16-8-4-5-9-20(16)34-21)29-27-26(30)28-22(33-27)13-19-23(31)17-10-14-6-2-3-7-15(14)11-18(17)24(19)32/h2-13H,1H3. The molecule has 0 radical (unpaired) electrons. The molecule has 0 bridgehead atoms. The van der Waals surface area contributed by atoms with Crippen molar-refractivity contribution in [2.75, 3.05) is 0 Å². The van der Waals surface area contributed by atoms with Crippen molar-refractivity contribution in [2.45, 2.75) is 0 Å². The van der Waals surface area contributed by atoms with Crippen LogP contribution in [0.1, 0.15) is 26.6 Å².